The molecule has 1 aromatic carbocycles. The van der Waals surface area contributed by atoms with Crippen LogP contribution in [0.15, 0.2) is 18.2 Å². The number of nitrogens with one attached hydrogen (secondary N) is 1. The first-order chi connectivity index (χ1) is 8.40. The molecule has 1 aromatic rings. The lowest BCUT2D eigenvalue weighted by molar-refractivity contribution is 0.315. The Balaban J connectivity index is 2.24. The Morgan fingerprint density at radius 3 is 2.67 bits per heavy atom. The molecular weight excluding hydrogens is 297 g/mol. The molecule has 0 aliphatic heterocycles. The van der Waals surface area contributed by atoms with Crippen molar-refractivity contribution >= 4 is 33.0 Å². The summed E-state index contributed by atoms with van der Waals surface area (Å²) in [6.07, 6.45) is 1.21. The van der Waals surface area contributed by atoms with E-state index in [1.54, 1.807) is 18.2 Å². The summed E-state index contributed by atoms with van der Waals surface area (Å²) in [7, 11) is -2.92. The molecule has 0 atom stereocenters. The third-order valence-corrected chi connectivity index (χ3v) is 3.85. The summed E-state index contributed by atoms with van der Waals surface area (Å²) in [6.45, 7) is 1.34. The summed E-state index contributed by atoms with van der Waals surface area (Å²) >= 11 is 11.8. The van der Waals surface area contributed by atoms with Crippen molar-refractivity contribution in [3.05, 3.63) is 28.2 Å². The van der Waals surface area contributed by atoms with E-state index >= 15 is 0 Å². The minimum absolute atomic E-state index is 0.116. The third kappa shape index (κ3) is 5.91. The lowest BCUT2D eigenvalue weighted by Crippen LogP contribution is -2.26. The van der Waals surface area contributed by atoms with Gasteiger partial charge < -0.3 is 10.1 Å². The molecule has 0 bridgehead atoms. The van der Waals surface area contributed by atoms with E-state index < -0.39 is 9.84 Å². The zero-order valence-corrected chi connectivity index (χ0v) is 12.3. The van der Waals surface area contributed by atoms with Gasteiger partial charge in [-0.2, -0.15) is 0 Å². The maximum Gasteiger partial charge on any atom is 0.148 e. The van der Waals surface area contributed by atoms with Gasteiger partial charge in [-0.1, -0.05) is 29.3 Å². The molecule has 4 nitrogen and oxygen atoms in total. The van der Waals surface area contributed by atoms with Gasteiger partial charge in [-0.15, -0.1) is 0 Å². The number of hydrogen-bond donors (Lipinski definition) is 1. The van der Waals surface area contributed by atoms with E-state index in [2.05, 4.69) is 5.32 Å². The van der Waals surface area contributed by atoms with E-state index in [1.807, 2.05) is 0 Å². The topological polar surface area (TPSA) is 55.4 Å². The molecule has 0 amide bonds. The van der Waals surface area contributed by atoms with Crippen molar-refractivity contribution in [1.82, 2.24) is 5.32 Å². The van der Waals surface area contributed by atoms with Crippen LogP contribution in [0.2, 0.25) is 10.0 Å². The molecule has 18 heavy (non-hydrogen) atoms. The van der Waals surface area contributed by atoms with Gasteiger partial charge in [-0.3, -0.25) is 0 Å². The Bertz CT molecular complexity index is 491. The highest BCUT2D eigenvalue weighted by Crippen LogP contribution is 2.31. The van der Waals surface area contributed by atoms with Crippen LogP contribution < -0.4 is 10.1 Å². The standard InChI is InChI=1S/C11H15Cl2NO3S/c1-18(15,16)8-6-14-5-7-17-10-4-2-3-9(12)11(10)13/h2-4,14H,5-8H2,1H3. The second kappa shape index (κ2) is 7.19. The van der Waals surface area contributed by atoms with Crippen LogP contribution in [-0.2, 0) is 9.84 Å². The summed E-state index contributed by atoms with van der Waals surface area (Å²) in [4.78, 5) is 0. The van der Waals surface area contributed by atoms with Gasteiger partial charge in [0.25, 0.3) is 0 Å². The Morgan fingerprint density at radius 2 is 2.00 bits per heavy atom. The minimum atomic E-state index is -2.92. The van der Waals surface area contributed by atoms with Gasteiger partial charge in [0.2, 0.25) is 0 Å². The molecule has 1 rings (SSSR count). The monoisotopic (exact) mass is 311 g/mol. The molecule has 0 aromatic heterocycles. The van der Waals surface area contributed by atoms with Crippen molar-refractivity contribution < 1.29 is 13.2 Å². The molecular formula is C11H15Cl2NO3S. The first kappa shape index (κ1) is 15.6. The van der Waals surface area contributed by atoms with Crippen molar-refractivity contribution in [3.8, 4) is 5.75 Å². The molecule has 0 saturated carbocycles. The number of rotatable bonds is 7. The quantitative estimate of drug-likeness (QED) is 0.783. The van der Waals surface area contributed by atoms with Crippen molar-refractivity contribution in [2.75, 3.05) is 31.7 Å². The Morgan fingerprint density at radius 1 is 1.28 bits per heavy atom. The SMILES string of the molecule is CS(=O)(=O)CCNCCOc1cccc(Cl)c1Cl. The molecule has 0 unspecified atom stereocenters. The highest BCUT2D eigenvalue weighted by molar-refractivity contribution is 7.90. The summed E-state index contributed by atoms with van der Waals surface area (Å²) < 4.78 is 27.1. The summed E-state index contributed by atoms with van der Waals surface area (Å²) in [5.41, 5.74) is 0. The second-order valence-corrected chi connectivity index (χ2v) is 6.83. The highest BCUT2D eigenvalue weighted by Gasteiger charge is 2.05. The van der Waals surface area contributed by atoms with Gasteiger partial charge in [0, 0.05) is 19.3 Å². The fraction of sp³-hybridized carbons (Fsp3) is 0.455. The van der Waals surface area contributed by atoms with Crippen molar-refractivity contribution in [3.63, 3.8) is 0 Å². The molecule has 0 saturated heterocycles. The Hall–Kier alpha value is -0.490. The predicted octanol–water partition coefficient (Wildman–Crippen LogP) is 2.01. The van der Waals surface area contributed by atoms with Crippen molar-refractivity contribution in [2.24, 2.45) is 0 Å². The van der Waals surface area contributed by atoms with Crippen LogP contribution in [0.5, 0.6) is 5.75 Å². The Labute approximate surface area is 117 Å². The summed E-state index contributed by atoms with van der Waals surface area (Å²) in [5, 5.41) is 3.79. The molecule has 7 heteroatoms. The average Bonchev–Trinajstić information content (AvgIpc) is 2.27. The van der Waals surface area contributed by atoms with Gasteiger partial charge in [0.05, 0.1) is 10.8 Å². The van der Waals surface area contributed by atoms with Gasteiger partial charge in [0.15, 0.2) is 0 Å². The van der Waals surface area contributed by atoms with Gasteiger partial charge >= 0.3 is 0 Å². The molecule has 0 spiro atoms. The molecule has 0 aliphatic carbocycles. The van der Waals surface area contributed by atoms with E-state index in [-0.39, 0.29) is 5.75 Å². The molecule has 0 radical (unpaired) electrons. The number of ether oxygens (including phenoxy) is 1. The lowest BCUT2D eigenvalue weighted by atomic mass is 10.3. The van der Waals surface area contributed by atoms with Crippen LogP contribution in [0.4, 0.5) is 0 Å². The van der Waals surface area contributed by atoms with Crippen molar-refractivity contribution in [2.45, 2.75) is 0 Å². The Kier molecular flexibility index (Phi) is 6.21. The van der Waals surface area contributed by atoms with Crippen LogP contribution in [-0.4, -0.2) is 40.1 Å². The number of sulfone groups is 1. The van der Waals surface area contributed by atoms with E-state index in [0.717, 1.165) is 0 Å². The molecule has 102 valence electrons. The van der Waals surface area contributed by atoms with Crippen molar-refractivity contribution in [1.29, 1.82) is 0 Å². The minimum Gasteiger partial charge on any atom is -0.491 e. The predicted molar refractivity (Wildman–Crippen MR) is 74.5 cm³/mol. The largest absolute Gasteiger partial charge is 0.491 e. The van der Waals surface area contributed by atoms with Crippen LogP contribution >= 0.6 is 23.2 Å². The average molecular weight is 312 g/mol. The normalized spacial score (nSPS) is 11.5. The molecule has 0 heterocycles. The number of hydrogen-bond acceptors (Lipinski definition) is 4. The van der Waals surface area contributed by atoms with Crippen LogP contribution in [0, 0.1) is 0 Å². The maximum absolute atomic E-state index is 10.9. The van der Waals surface area contributed by atoms with E-state index in [0.29, 0.717) is 35.5 Å². The van der Waals surface area contributed by atoms with Crippen LogP contribution in [0.25, 0.3) is 0 Å². The zero-order valence-electron chi connectivity index (χ0n) is 9.95. The molecule has 0 aliphatic rings. The molecule has 1 N–H and O–H groups in total. The van der Waals surface area contributed by atoms with Gasteiger partial charge in [-0.25, -0.2) is 8.42 Å². The summed E-state index contributed by atoms with van der Waals surface area (Å²) in [6, 6.07) is 5.16. The van der Waals surface area contributed by atoms with Crippen LogP contribution in [0.1, 0.15) is 0 Å². The fourth-order valence-electron chi connectivity index (χ4n) is 1.21. The summed E-state index contributed by atoms with van der Waals surface area (Å²) in [5.74, 6) is 0.638. The van der Waals surface area contributed by atoms with Crippen LogP contribution in [0.3, 0.4) is 0 Å². The molecule has 0 fully saturated rings. The van der Waals surface area contributed by atoms with E-state index in [1.165, 1.54) is 6.26 Å². The van der Waals surface area contributed by atoms with Gasteiger partial charge in [-0.05, 0) is 12.1 Å². The fourth-order valence-corrected chi connectivity index (χ4v) is 2.07. The lowest BCUT2D eigenvalue weighted by Gasteiger charge is -2.09. The van der Waals surface area contributed by atoms with E-state index in [4.69, 9.17) is 27.9 Å². The highest BCUT2D eigenvalue weighted by atomic mass is 35.5. The first-order valence-corrected chi connectivity index (χ1v) is 8.17. The van der Waals surface area contributed by atoms with E-state index in [9.17, 15) is 8.42 Å². The second-order valence-electron chi connectivity index (χ2n) is 3.78. The zero-order chi connectivity index (χ0) is 13.6. The third-order valence-electron chi connectivity index (χ3n) is 2.10. The first-order valence-electron chi connectivity index (χ1n) is 5.35. The van der Waals surface area contributed by atoms with Gasteiger partial charge in [0.1, 0.15) is 27.2 Å². The number of halogens is 2. The maximum atomic E-state index is 10.9. The smallest absolute Gasteiger partial charge is 0.148 e. The number of benzene rings is 1.